The molecule has 3 heteroatoms. The maximum atomic E-state index is 11.0. The van der Waals surface area contributed by atoms with Crippen molar-refractivity contribution in [2.45, 2.75) is 39.0 Å². The lowest BCUT2D eigenvalue weighted by Gasteiger charge is -2.33. The van der Waals surface area contributed by atoms with Crippen molar-refractivity contribution >= 4 is 6.03 Å². The Hall–Kier alpha value is -0.730. The van der Waals surface area contributed by atoms with E-state index in [1.807, 2.05) is 0 Å². The minimum atomic E-state index is -0.0631. The molecule has 0 atom stereocenters. The van der Waals surface area contributed by atoms with Crippen LogP contribution in [-0.2, 0) is 0 Å². The van der Waals surface area contributed by atoms with Crippen LogP contribution in [0.4, 0.5) is 4.79 Å². The van der Waals surface area contributed by atoms with Gasteiger partial charge in [-0.1, -0.05) is 26.2 Å². The number of carbonyl (C=O) groups excluding carboxylic acids is 1. The molecule has 1 fully saturated rings. The van der Waals surface area contributed by atoms with Gasteiger partial charge in [-0.15, -0.1) is 0 Å². The van der Waals surface area contributed by atoms with Gasteiger partial charge in [0.05, 0.1) is 0 Å². The summed E-state index contributed by atoms with van der Waals surface area (Å²) in [5, 5.41) is 5.46. The average molecular weight is 184 g/mol. The highest BCUT2D eigenvalue weighted by atomic mass is 16.2. The largest absolute Gasteiger partial charge is 0.341 e. The summed E-state index contributed by atoms with van der Waals surface area (Å²) in [4.78, 5) is 11.0. The van der Waals surface area contributed by atoms with E-state index in [0.717, 1.165) is 6.54 Å². The summed E-state index contributed by atoms with van der Waals surface area (Å²) >= 11 is 0. The third kappa shape index (κ3) is 3.25. The van der Waals surface area contributed by atoms with Crippen LogP contribution in [0.25, 0.3) is 0 Å². The van der Waals surface area contributed by atoms with Crippen molar-refractivity contribution in [2.24, 2.45) is 5.41 Å². The first-order valence-electron chi connectivity index (χ1n) is 5.12. The molecule has 1 saturated carbocycles. The Balaban J connectivity index is 2.28. The average Bonchev–Trinajstić information content (AvgIpc) is 2.15. The minimum Gasteiger partial charge on any atom is -0.341 e. The second kappa shape index (κ2) is 4.49. The molecule has 76 valence electrons. The van der Waals surface area contributed by atoms with Crippen molar-refractivity contribution in [3.63, 3.8) is 0 Å². The monoisotopic (exact) mass is 184 g/mol. The van der Waals surface area contributed by atoms with Crippen molar-refractivity contribution in [3.05, 3.63) is 0 Å². The van der Waals surface area contributed by atoms with Gasteiger partial charge in [-0.25, -0.2) is 4.79 Å². The summed E-state index contributed by atoms with van der Waals surface area (Å²) in [5.74, 6) is 0. The number of hydrogen-bond donors (Lipinski definition) is 2. The predicted octanol–water partition coefficient (Wildman–Crippen LogP) is 1.89. The lowest BCUT2D eigenvalue weighted by atomic mass is 9.76. The maximum Gasteiger partial charge on any atom is 0.314 e. The molecule has 0 spiro atoms. The fraction of sp³-hybridized carbons (Fsp3) is 0.900. The molecule has 13 heavy (non-hydrogen) atoms. The topological polar surface area (TPSA) is 41.1 Å². The molecule has 2 amide bonds. The first kappa shape index (κ1) is 10.4. The molecular formula is C10H20N2O. The minimum absolute atomic E-state index is 0.0631. The zero-order valence-electron chi connectivity index (χ0n) is 8.65. The van der Waals surface area contributed by atoms with Gasteiger partial charge in [-0.2, -0.15) is 0 Å². The Morgan fingerprint density at radius 2 is 1.92 bits per heavy atom. The second-order valence-corrected chi connectivity index (χ2v) is 4.30. The van der Waals surface area contributed by atoms with Crippen LogP contribution in [0.15, 0.2) is 0 Å². The maximum absolute atomic E-state index is 11.0. The lowest BCUT2D eigenvalue weighted by Crippen LogP contribution is -2.41. The van der Waals surface area contributed by atoms with Crippen LogP contribution in [0.2, 0.25) is 0 Å². The third-order valence-electron chi connectivity index (χ3n) is 2.96. The number of amides is 2. The molecule has 0 heterocycles. The first-order valence-corrected chi connectivity index (χ1v) is 5.12. The Bertz CT molecular complexity index is 174. The van der Waals surface area contributed by atoms with E-state index >= 15 is 0 Å². The van der Waals surface area contributed by atoms with Gasteiger partial charge in [0.1, 0.15) is 0 Å². The number of hydrogen-bond acceptors (Lipinski definition) is 1. The second-order valence-electron chi connectivity index (χ2n) is 4.30. The Morgan fingerprint density at radius 3 is 2.46 bits per heavy atom. The van der Waals surface area contributed by atoms with Gasteiger partial charge >= 0.3 is 6.03 Å². The van der Waals surface area contributed by atoms with Crippen LogP contribution in [0.1, 0.15) is 39.0 Å². The quantitative estimate of drug-likeness (QED) is 0.676. The standard InChI is InChI=1S/C10H20N2O/c1-10(6-4-3-5-7-10)8-12-9(13)11-2/h3-8H2,1-2H3,(H2,11,12,13). The summed E-state index contributed by atoms with van der Waals surface area (Å²) in [6.07, 6.45) is 6.47. The molecule has 0 bridgehead atoms. The zero-order chi connectivity index (χ0) is 9.73. The van der Waals surface area contributed by atoms with Crippen molar-refractivity contribution in [1.82, 2.24) is 10.6 Å². The van der Waals surface area contributed by atoms with Gasteiger partial charge in [0, 0.05) is 13.6 Å². The first-order chi connectivity index (χ1) is 6.16. The molecule has 0 unspecified atom stereocenters. The van der Waals surface area contributed by atoms with Crippen LogP contribution in [0, 0.1) is 5.41 Å². The van der Waals surface area contributed by atoms with Gasteiger partial charge in [-0.05, 0) is 18.3 Å². The van der Waals surface area contributed by atoms with Crippen molar-refractivity contribution < 1.29 is 4.79 Å². The molecule has 1 rings (SSSR count). The molecule has 0 aromatic rings. The highest BCUT2D eigenvalue weighted by Gasteiger charge is 2.26. The molecule has 1 aliphatic carbocycles. The van der Waals surface area contributed by atoms with E-state index in [4.69, 9.17) is 0 Å². The molecular weight excluding hydrogens is 164 g/mol. The fourth-order valence-electron chi connectivity index (χ4n) is 1.96. The zero-order valence-corrected chi connectivity index (χ0v) is 8.65. The Kier molecular flexibility index (Phi) is 3.58. The van der Waals surface area contributed by atoms with Gasteiger partial charge in [0.2, 0.25) is 0 Å². The Morgan fingerprint density at radius 1 is 1.31 bits per heavy atom. The van der Waals surface area contributed by atoms with Gasteiger partial charge in [-0.3, -0.25) is 0 Å². The predicted molar refractivity (Wildman–Crippen MR) is 53.7 cm³/mol. The smallest absolute Gasteiger partial charge is 0.314 e. The van der Waals surface area contributed by atoms with Crippen molar-refractivity contribution in [3.8, 4) is 0 Å². The van der Waals surface area contributed by atoms with Gasteiger partial charge in [0.25, 0.3) is 0 Å². The fourth-order valence-corrected chi connectivity index (χ4v) is 1.96. The van der Waals surface area contributed by atoms with Gasteiger partial charge in [0.15, 0.2) is 0 Å². The van der Waals surface area contributed by atoms with E-state index in [-0.39, 0.29) is 6.03 Å². The number of urea groups is 1. The number of rotatable bonds is 2. The molecule has 0 aliphatic heterocycles. The summed E-state index contributed by atoms with van der Waals surface area (Å²) in [6, 6.07) is -0.0631. The summed E-state index contributed by atoms with van der Waals surface area (Å²) < 4.78 is 0. The normalized spacial score (nSPS) is 20.8. The molecule has 0 aromatic heterocycles. The van der Waals surface area contributed by atoms with Crippen molar-refractivity contribution in [2.75, 3.05) is 13.6 Å². The van der Waals surface area contributed by atoms with Crippen LogP contribution < -0.4 is 10.6 Å². The highest BCUT2D eigenvalue weighted by molar-refractivity contribution is 5.73. The van der Waals surface area contributed by atoms with Crippen LogP contribution in [-0.4, -0.2) is 19.6 Å². The van der Waals surface area contributed by atoms with Crippen LogP contribution >= 0.6 is 0 Å². The van der Waals surface area contributed by atoms with E-state index in [0.29, 0.717) is 5.41 Å². The molecule has 3 nitrogen and oxygen atoms in total. The van der Waals surface area contributed by atoms with Crippen LogP contribution in [0.3, 0.4) is 0 Å². The van der Waals surface area contributed by atoms with E-state index in [1.165, 1.54) is 32.1 Å². The molecule has 0 aromatic carbocycles. The Labute approximate surface area is 80.3 Å². The number of carbonyl (C=O) groups is 1. The van der Waals surface area contributed by atoms with E-state index in [2.05, 4.69) is 17.6 Å². The van der Waals surface area contributed by atoms with Crippen molar-refractivity contribution in [1.29, 1.82) is 0 Å². The third-order valence-corrected chi connectivity index (χ3v) is 2.96. The highest BCUT2D eigenvalue weighted by Crippen LogP contribution is 2.34. The number of nitrogens with one attached hydrogen (secondary N) is 2. The summed E-state index contributed by atoms with van der Waals surface area (Å²) in [6.45, 7) is 3.08. The summed E-state index contributed by atoms with van der Waals surface area (Å²) in [5.41, 5.74) is 0.338. The lowest BCUT2D eigenvalue weighted by molar-refractivity contribution is 0.200. The summed E-state index contributed by atoms with van der Waals surface area (Å²) in [7, 11) is 1.65. The van der Waals surface area contributed by atoms with E-state index < -0.39 is 0 Å². The van der Waals surface area contributed by atoms with E-state index in [1.54, 1.807) is 7.05 Å². The molecule has 0 saturated heterocycles. The molecule has 2 N–H and O–H groups in total. The SMILES string of the molecule is CNC(=O)NCC1(C)CCCCC1. The van der Waals surface area contributed by atoms with Gasteiger partial charge < -0.3 is 10.6 Å². The molecule has 0 radical (unpaired) electrons. The molecule has 1 aliphatic rings. The van der Waals surface area contributed by atoms with E-state index in [9.17, 15) is 4.79 Å². The van der Waals surface area contributed by atoms with Crippen LogP contribution in [0.5, 0.6) is 0 Å².